The summed E-state index contributed by atoms with van der Waals surface area (Å²) in [6.45, 7) is 5.45. The Morgan fingerprint density at radius 3 is 2.18 bits per heavy atom. The molecule has 1 aliphatic rings. The molecule has 1 fully saturated rings. The summed E-state index contributed by atoms with van der Waals surface area (Å²) < 4.78 is 9.74. The molecular weight excluding hydrogens is 224 g/mol. The number of ether oxygens (including phenoxy) is 2. The van der Waals surface area contributed by atoms with E-state index in [4.69, 9.17) is 9.47 Å². The molecule has 0 aromatic rings. The Morgan fingerprint density at radius 2 is 1.76 bits per heavy atom. The molecule has 0 radical (unpaired) electrons. The Kier molecular flexibility index (Phi) is 4.14. The van der Waals surface area contributed by atoms with Crippen LogP contribution in [0.2, 0.25) is 0 Å². The zero-order valence-electron chi connectivity index (χ0n) is 10.6. The van der Waals surface area contributed by atoms with E-state index in [1.54, 1.807) is 13.8 Å². The maximum atomic E-state index is 11.8. The molecule has 17 heavy (non-hydrogen) atoms. The largest absolute Gasteiger partial charge is 0.466 e. The summed E-state index contributed by atoms with van der Waals surface area (Å²) in [5.41, 5.74) is -2.32. The Hall–Kier alpha value is -1.10. The molecule has 0 saturated heterocycles. The van der Waals surface area contributed by atoms with Gasteiger partial charge in [0.2, 0.25) is 0 Å². The molecule has 5 heteroatoms. The van der Waals surface area contributed by atoms with Crippen molar-refractivity contribution >= 4 is 11.9 Å². The highest BCUT2D eigenvalue weighted by Crippen LogP contribution is 2.56. The summed E-state index contributed by atoms with van der Waals surface area (Å²) in [7, 11) is 0. The number of hydrogen-bond donors (Lipinski definition) is 1. The molecule has 1 saturated carbocycles. The van der Waals surface area contributed by atoms with E-state index in [0.29, 0.717) is 12.8 Å². The molecule has 0 aliphatic heterocycles. The van der Waals surface area contributed by atoms with Crippen LogP contribution in [0.5, 0.6) is 0 Å². The van der Waals surface area contributed by atoms with Crippen LogP contribution in [-0.4, -0.2) is 35.9 Å². The quantitative estimate of drug-likeness (QED) is 0.706. The van der Waals surface area contributed by atoms with E-state index < -0.39 is 23.0 Å². The van der Waals surface area contributed by atoms with Crippen LogP contribution in [0.4, 0.5) is 0 Å². The zero-order chi connectivity index (χ0) is 13.1. The van der Waals surface area contributed by atoms with Gasteiger partial charge in [0, 0.05) is 0 Å². The van der Waals surface area contributed by atoms with Crippen molar-refractivity contribution in [2.24, 2.45) is 5.41 Å². The Balaban J connectivity index is 2.69. The third-order valence-corrected chi connectivity index (χ3v) is 3.24. The van der Waals surface area contributed by atoms with Crippen LogP contribution in [0, 0.1) is 5.41 Å². The van der Waals surface area contributed by atoms with Crippen LogP contribution in [0.15, 0.2) is 0 Å². The first-order chi connectivity index (χ1) is 7.89. The first kappa shape index (κ1) is 14.0. The minimum atomic E-state index is -1.40. The molecule has 0 aromatic heterocycles. The lowest BCUT2D eigenvalue weighted by Crippen LogP contribution is -2.44. The van der Waals surface area contributed by atoms with Gasteiger partial charge in [-0.3, -0.25) is 9.59 Å². The third-order valence-electron chi connectivity index (χ3n) is 3.24. The standard InChI is InChI=1S/C12H20O5/c1-4-16-9(13)8-11(3,15)12(6-7-12)10(14)17-5-2/h15H,4-8H2,1-3H3/t11-/m1/s1. The van der Waals surface area contributed by atoms with E-state index in [1.165, 1.54) is 6.92 Å². The van der Waals surface area contributed by atoms with Crippen LogP contribution in [-0.2, 0) is 19.1 Å². The van der Waals surface area contributed by atoms with Crippen LogP contribution in [0.3, 0.4) is 0 Å². The van der Waals surface area contributed by atoms with E-state index in [1.807, 2.05) is 0 Å². The van der Waals surface area contributed by atoms with Gasteiger partial charge >= 0.3 is 11.9 Å². The van der Waals surface area contributed by atoms with Gasteiger partial charge in [0.15, 0.2) is 0 Å². The normalized spacial score (nSPS) is 20.2. The minimum absolute atomic E-state index is 0.181. The smallest absolute Gasteiger partial charge is 0.315 e. The highest BCUT2D eigenvalue weighted by atomic mass is 16.5. The fraction of sp³-hybridized carbons (Fsp3) is 0.833. The molecule has 0 spiro atoms. The summed E-state index contributed by atoms with van der Waals surface area (Å²) in [6, 6.07) is 0. The molecule has 98 valence electrons. The molecule has 1 rings (SSSR count). The second-order valence-electron chi connectivity index (χ2n) is 4.56. The van der Waals surface area contributed by atoms with Gasteiger partial charge in [-0.25, -0.2) is 0 Å². The molecule has 5 nitrogen and oxygen atoms in total. The number of carbonyl (C=O) groups excluding carboxylic acids is 2. The number of hydrogen-bond acceptors (Lipinski definition) is 5. The molecule has 0 aromatic carbocycles. The Morgan fingerprint density at radius 1 is 1.24 bits per heavy atom. The predicted octanol–water partition coefficient (Wildman–Crippen LogP) is 1.03. The maximum absolute atomic E-state index is 11.8. The summed E-state index contributed by atoms with van der Waals surface area (Å²) >= 11 is 0. The van der Waals surface area contributed by atoms with E-state index in [0.717, 1.165) is 0 Å². The van der Waals surface area contributed by atoms with Crippen LogP contribution < -0.4 is 0 Å². The van der Waals surface area contributed by atoms with Crippen molar-refractivity contribution in [1.82, 2.24) is 0 Å². The van der Waals surface area contributed by atoms with Crippen LogP contribution in [0.25, 0.3) is 0 Å². The molecule has 1 aliphatic carbocycles. The van der Waals surface area contributed by atoms with Crippen molar-refractivity contribution in [3.05, 3.63) is 0 Å². The molecule has 0 amide bonds. The van der Waals surface area contributed by atoms with E-state index in [2.05, 4.69) is 0 Å². The fourth-order valence-corrected chi connectivity index (χ4v) is 2.02. The average molecular weight is 244 g/mol. The van der Waals surface area contributed by atoms with Crippen molar-refractivity contribution in [3.8, 4) is 0 Å². The second-order valence-corrected chi connectivity index (χ2v) is 4.56. The highest BCUT2D eigenvalue weighted by Gasteiger charge is 2.63. The number of esters is 2. The van der Waals surface area contributed by atoms with Crippen molar-refractivity contribution in [2.45, 2.75) is 45.6 Å². The summed E-state index contributed by atoms with van der Waals surface area (Å²) in [5, 5.41) is 10.3. The SMILES string of the molecule is CCOC(=O)C[C@@](C)(O)C1(C(=O)OCC)CC1. The van der Waals surface area contributed by atoms with Gasteiger partial charge in [-0.2, -0.15) is 0 Å². The Bertz CT molecular complexity index is 304. The van der Waals surface area contributed by atoms with Gasteiger partial charge in [0.1, 0.15) is 0 Å². The molecule has 1 N–H and O–H groups in total. The first-order valence-electron chi connectivity index (χ1n) is 5.95. The van der Waals surface area contributed by atoms with E-state index in [9.17, 15) is 14.7 Å². The first-order valence-corrected chi connectivity index (χ1v) is 5.95. The molecule has 0 bridgehead atoms. The van der Waals surface area contributed by atoms with Gasteiger partial charge in [0.25, 0.3) is 0 Å². The van der Waals surface area contributed by atoms with Gasteiger partial charge in [0.05, 0.1) is 30.7 Å². The van der Waals surface area contributed by atoms with Crippen molar-refractivity contribution < 1.29 is 24.2 Å². The monoisotopic (exact) mass is 244 g/mol. The lowest BCUT2D eigenvalue weighted by atomic mass is 9.83. The molecular formula is C12H20O5. The van der Waals surface area contributed by atoms with Crippen molar-refractivity contribution in [1.29, 1.82) is 0 Å². The second kappa shape index (κ2) is 5.04. The van der Waals surface area contributed by atoms with Crippen LogP contribution >= 0.6 is 0 Å². The maximum Gasteiger partial charge on any atom is 0.315 e. The number of rotatable bonds is 6. The van der Waals surface area contributed by atoms with Gasteiger partial charge in [-0.1, -0.05) is 0 Å². The molecule has 0 unspecified atom stereocenters. The lowest BCUT2D eigenvalue weighted by Gasteiger charge is -2.30. The summed E-state index contributed by atoms with van der Waals surface area (Å²) in [6.07, 6.45) is 0.927. The topological polar surface area (TPSA) is 72.8 Å². The van der Waals surface area contributed by atoms with E-state index >= 15 is 0 Å². The third kappa shape index (κ3) is 2.77. The van der Waals surface area contributed by atoms with Gasteiger partial charge in [-0.05, 0) is 33.6 Å². The fourth-order valence-electron chi connectivity index (χ4n) is 2.02. The molecule has 0 heterocycles. The van der Waals surface area contributed by atoms with Gasteiger partial charge in [-0.15, -0.1) is 0 Å². The predicted molar refractivity (Wildman–Crippen MR) is 60.2 cm³/mol. The van der Waals surface area contributed by atoms with Crippen molar-refractivity contribution in [2.75, 3.05) is 13.2 Å². The average Bonchev–Trinajstić information content (AvgIpc) is 2.97. The van der Waals surface area contributed by atoms with E-state index in [-0.39, 0.29) is 19.6 Å². The van der Waals surface area contributed by atoms with Gasteiger partial charge < -0.3 is 14.6 Å². The molecule has 1 atom stereocenters. The zero-order valence-corrected chi connectivity index (χ0v) is 10.6. The number of carbonyl (C=O) groups is 2. The number of aliphatic hydroxyl groups is 1. The highest BCUT2D eigenvalue weighted by molar-refractivity contribution is 5.83. The van der Waals surface area contributed by atoms with Crippen molar-refractivity contribution in [3.63, 3.8) is 0 Å². The van der Waals surface area contributed by atoms with Crippen LogP contribution in [0.1, 0.15) is 40.0 Å². The minimum Gasteiger partial charge on any atom is -0.466 e. The lowest BCUT2D eigenvalue weighted by molar-refractivity contribution is -0.166. The Labute approximate surface area is 101 Å². The summed E-state index contributed by atoms with van der Waals surface area (Å²) in [5.74, 6) is -0.914. The summed E-state index contributed by atoms with van der Waals surface area (Å²) in [4.78, 5) is 23.2.